The first-order chi connectivity index (χ1) is 11.7. The molecule has 1 atom stereocenters. The summed E-state index contributed by atoms with van der Waals surface area (Å²) in [5, 5.41) is 0. The Hall–Kier alpha value is -1.38. The lowest BCUT2D eigenvalue weighted by Crippen LogP contribution is -2.55. The Balaban J connectivity index is 1.88. The number of piperidine rings is 2. The average molecular weight is 368 g/mol. The topological polar surface area (TPSA) is 49.9 Å². The van der Waals surface area contributed by atoms with Crippen LogP contribution in [0.2, 0.25) is 0 Å². The Kier molecular flexibility index (Phi) is 6.29. The fourth-order valence-corrected chi connectivity index (χ4v) is 3.57. The van der Waals surface area contributed by atoms with Crippen molar-refractivity contribution < 1.29 is 31.9 Å². The van der Waals surface area contributed by atoms with Crippen LogP contribution in [0.25, 0.3) is 0 Å². The summed E-state index contributed by atoms with van der Waals surface area (Å²) in [6, 6.07) is 0. The first-order valence-electron chi connectivity index (χ1n) is 8.48. The van der Waals surface area contributed by atoms with Crippen molar-refractivity contribution in [2.24, 2.45) is 5.41 Å². The van der Waals surface area contributed by atoms with E-state index in [1.807, 2.05) is 6.92 Å². The molecule has 2 aliphatic rings. The molecule has 0 bridgehead atoms. The molecule has 0 aliphatic carbocycles. The number of hydrogen-bond donors (Lipinski definition) is 0. The summed E-state index contributed by atoms with van der Waals surface area (Å²) in [5.74, 6) is -4.63. The quantitative estimate of drug-likeness (QED) is 0.675. The van der Waals surface area contributed by atoms with E-state index in [0.717, 1.165) is 12.8 Å². The third kappa shape index (κ3) is 4.83. The van der Waals surface area contributed by atoms with E-state index in [4.69, 9.17) is 0 Å². The fourth-order valence-electron chi connectivity index (χ4n) is 3.57. The molecule has 9 heteroatoms. The summed E-state index contributed by atoms with van der Waals surface area (Å²) in [5.41, 5.74) is -0.176. The first kappa shape index (κ1) is 19.9. The van der Waals surface area contributed by atoms with E-state index in [9.17, 15) is 27.2 Å². The van der Waals surface area contributed by atoms with Gasteiger partial charge in [-0.2, -0.15) is 8.78 Å². The summed E-state index contributed by atoms with van der Waals surface area (Å²) >= 11 is 0. The van der Waals surface area contributed by atoms with Crippen LogP contribution in [0.5, 0.6) is 0 Å². The second-order valence-corrected chi connectivity index (χ2v) is 6.88. The molecule has 2 aliphatic heterocycles. The number of ether oxygens (including phenoxy) is 1. The Morgan fingerprint density at radius 3 is 2.68 bits per heavy atom. The highest BCUT2D eigenvalue weighted by Crippen LogP contribution is 2.38. The third-order valence-corrected chi connectivity index (χ3v) is 4.98. The highest BCUT2D eigenvalue weighted by molar-refractivity contribution is 5.78. The molecule has 2 amide bonds. The number of nitrogens with zero attached hydrogens (tertiary/aromatic N) is 2. The lowest BCUT2D eigenvalue weighted by atomic mass is 9.73. The van der Waals surface area contributed by atoms with Gasteiger partial charge in [0.2, 0.25) is 11.8 Å². The van der Waals surface area contributed by atoms with E-state index in [0.29, 0.717) is 39.0 Å². The van der Waals surface area contributed by atoms with Crippen molar-refractivity contribution in [2.75, 3.05) is 39.4 Å². The molecular formula is C16H24F4N2O3. The SMILES string of the molecule is CCN1C[C@@]2(CCCN(C(=O)COCC(F)(F)C(F)F)C2)CCC1=O. The van der Waals surface area contributed by atoms with Crippen molar-refractivity contribution in [1.29, 1.82) is 0 Å². The summed E-state index contributed by atoms with van der Waals surface area (Å²) in [6.45, 7) is 1.89. The maximum absolute atomic E-state index is 12.8. The van der Waals surface area contributed by atoms with Crippen LogP contribution < -0.4 is 0 Å². The lowest BCUT2D eigenvalue weighted by Gasteiger charge is -2.48. The molecule has 2 rings (SSSR count). The molecule has 0 aromatic carbocycles. The highest BCUT2D eigenvalue weighted by Gasteiger charge is 2.43. The molecule has 0 aromatic rings. The Morgan fingerprint density at radius 2 is 2.04 bits per heavy atom. The van der Waals surface area contributed by atoms with Crippen molar-refractivity contribution in [2.45, 2.75) is 45.0 Å². The second kappa shape index (κ2) is 7.88. The molecule has 2 fully saturated rings. The highest BCUT2D eigenvalue weighted by atomic mass is 19.3. The van der Waals surface area contributed by atoms with Gasteiger partial charge in [0.05, 0.1) is 0 Å². The van der Waals surface area contributed by atoms with Crippen LogP contribution in [0.15, 0.2) is 0 Å². The van der Waals surface area contributed by atoms with Crippen molar-refractivity contribution >= 4 is 11.8 Å². The number of carbonyl (C=O) groups is 2. The predicted octanol–water partition coefficient (Wildman–Crippen LogP) is 2.15. The minimum atomic E-state index is -4.26. The van der Waals surface area contributed by atoms with E-state index >= 15 is 0 Å². The summed E-state index contributed by atoms with van der Waals surface area (Å²) in [4.78, 5) is 27.3. The van der Waals surface area contributed by atoms with Gasteiger partial charge in [-0.05, 0) is 26.2 Å². The fraction of sp³-hybridized carbons (Fsp3) is 0.875. The van der Waals surface area contributed by atoms with Crippen LogP contribution in [0.3, 0.4) is 0 Å². The predicted molar refractivity (Wildman–Crippen MR) is 81.5 cm³/mol. The van der Waals surface area contributed by atoms with E-state index in [1.54, 1.807) is 4.90 Å². The summed E-state index contributed by atoms with van der Waals surface area (Å²) in [6.07, 6.45) is -1.04. The average Bonchev–Trinajstić information content (AvgIpc) is 2.57. The van der Waals surface area contributed by atoms with Crippen LogP contribution in [0, 0.1) is 5.41 Å². The van der Waals surface area contributed by atoms with Gasteiger partial charge in [0.25, 0.3) is 0 Å². The molecule has 0 unspecified atom stereocenters. The number of halogens is 4. The molecule has 144 valence electrons. The van der Waals surface area contributed by atoms with Gasteiger partial charge in [-0.15, -0.1) is 0 Å². The second-order valence-electron chi connectivity index (χ2n) is 6.88. The Bertz CT molecular complexity index is 504. The third-order valence-electron chi connectivity index (χ3n) is 4.98. The zero-order chi connectivity index (χ0) is 18.7. The number of amides is 2. The van der Waals surface area contributed by atoms with Gasteiger partial charge in [0.15, 0.2) is 0 Å². The van der Waals surface area contributed by atoms with Gasteiger partial charge < -0.3 is 14.5 Å². The van der Waals surface area contributed by atoms with Crippen LogP contribution in [-0.2, 0) is 14.3 Å². The molecule has 2 heterocycles. The minimum Gasteiger partial charge on any atom is -0.365 e. The molecular weight excluding hydrogens is 344 g/mol. The molecule has 1 spiro atoms. The standard InChI is InChI=1S/C16H24F4N2O3/c1-2-21-9-15(6-4-12(21)23)5-3-7-22(10-15)13(24)8-25-11-16(19,20)14(17)18/h14H,2-11H2,1H3/t15-/m1/s1. The van der Waals surface area contributed by atoms with Crippen LogP contribution in [0.1, 0.15) is 32.6 Å². The lowest BCUT2D eigenvalue weighted by molar-refractivity contribution is -0.172. The van der Waals surface area contributed by atoms with E-state index in [1.165, 1.54) is 4.90 Å². The van der Waals surface area contributed by atoms with Gasteiger partial charge in [0, 0.05) is 38.0 Å². The smallest absolute Gasteiger partial charge is 0.330 e. The molecule has 2 saturated heterocycles. The van der Waals surface area contributed by atoms with Crippen molar-refractivity contribution in [3.8, 4) is 0 Å². The summed E-state index contributed by atoms with van der Waals surface area (Å²) < 4.78 is 54.3. The number of hydrogen-bond acceptors (Lipinski definition) is 3. The Labute approximate surface area is 144 Å². The maximum Gasteiger partial charge on any atom is 0.330 e. The maximum atomic E-state index is 12.8. The molecule has 0 aromatic heterocycles. The first-order valence-corrected chi connectivity index (χ1v) is 8.48. The van der Waals surface area contributed by atoms with Crippen molar-refractivity contribution in [1.82, 2.24) is 9.80 Å². The van der Waals surface area contributed by atoms with E-state index in [-0.39, 0.29) is 11.3 Å². The van der Waals surface area contributed by atoms with Gasteiger partial charge in [-0.1, -0.05) is 0 Å². The zero-order valence-electron chi connectivity index (χ0n) is 14.3. The molecule has 25 heavy (non-hydrogen) atoms. The van der Waals surface area contributed by atoms with Gasteiger partial charge in [-0.25, -0.2) is 8.78 Å². The molecule has 5 nitrogen and oxygen atoms in total. The molecule has 0 saturated carbocycles. The number of likely N-dealkylation sites (tertiary alicyclic amines) is 2. The molecule has 0 N–H and O–H groups in total. The normalized spacial score (nSPS) is 25.1. The van der Waals surface area contributed by atoms with Gasteiger partial charge in [0.1, 0.15) is 13.2 Å². The zero-order valence-corrected chi connectivity index (χ0v) is 14.3. The van der Waals surface area contributed by atoms with E-state index < -0.39 is 31.5 Å². The van der Waals surface area contributed by atoms with Crippen LogP contribution in [0.4, 0.5) is 17.6 Å². The van der Waals surface area contributed by atoms with Crippen LogP contribution >= 0.6 is 0 Å². The van der Waals surface area contributed by atoms with Gasteiger partial charge in [-0.3, -0.25) is 9.59 Å². The Morgan fingerprint density at radius 1 is 1.32 bits per heavy atom. The number of alkyl halides is 4. The minimum absolute atomic E-state index is 0.106. The van der Waals surface area contributed by atoms with Crippen molar-refractivity contribution in [3.05, 3.63) is 0 Å². The van der Waals surface area contributed by atoms with E-state index in [2.05, 4.69) is 4.74 Å². The number of rotatable bonds is 6. The van der Waals surface area contributed by atoms with Crippen LogP contribution in [-0.4, -0.2) is 73.4 Å². The van der Waals surface area contributed by atoms with Crippen molar-refractivity contribution in [3.63, 3.8) is 0 Å². The largest absolute Gasteiger partial charge is 0.365 e. The number of carbonyl (C=O) groups excluding carboxylic acids is 2. The molecule has 0 radical (unpaired) electrons. The summed E-state index contributed by atoms with van der Waals surface area (Å²) in [7, 11) is 0. The van der Waals surface area contributed by atoms with Gasteiger partial charge >= 0.3 is 12.3 Å². The monoisotopic (exact) mass is 368 g/mol.